The first-order valence-corrected chi connectivity index (χ1v) is 7.23. The number of carboxylic acid groups (broad SMARTS) is 1. The molecule has 0 saturated heterocycles. The number of carbonyl (C=O) groups is 2. The number of carboxylic acids is 1. The van der Waals surface area contributed by atoms with Gasteiger partial charge < -0.3 is 10.4 Å². The van der Waals surface area contributed by atoms with Gasteiger partial charge in [-0.25, -0.2) is 4.79 Å². The Bertz CT molecular complexity index is 460. The van der Waals surface area contributed by atoms with Gasteiger partial charge in [0.15, 0.2) is 0 Å². The third-order valence-electron chi connectivity index (χ3n) is 2.59. The molecule has 0 aliphatic rings. The van der Waals surface area contributed by atoms with Crippen molar-refractivity contribution in [2.45, 2.75) is 32.7 Å². The molecule has 0 spiro atoms. The number of hydrogen-bond acceptors (Lipinski definition) is 2. The summed E-state index contributed by atoms with van der Waals surface area (Å²) >= 11 is 2.18. The summed E-state index contributed by atoms with van der Waals surface area (Å²) in [5.41, 5.74) is 0.887. The van der Waals surface area contributed by atoms with Crippen LogP contribution in [0.5, 0.6) is 0 Å². The first-order valence-electron chi connectivity index (χ1n) is 6.15. The van der Waals surface area contributed by atoms with Crippen molar-refractivity contribution in [3.05, 3.63) is 33.4 Å². The van der Waals surface area contributed by atoms with Crippen LogP contribution in [0.2, 0.25) is 0 Å². The smallest absolute Gasteiger partial charge is 0.326 e. The van der Waals surface area contributed by atoms with Crippen LogP contribution in [0, 0.1) is 9.49 Å². The second-order valence-electron chi connectivity index (χ2n) is 4.89. The van der Waals surface area contributed by atoms with Gasteiger partial charge in [0, 0.05) is 3.57 Å². The van der Waals surface area contributed by atoms with Crippen LogP contribution < -0.4 is 5.32 Å². The molecule has 1 aromatic carbocycles. The molecule has 0 radical (unpaired) electrons. The van der Waals surface area contributed by atoms with Crippen molar-refractivity contribution in [1.82, 2.24) is 5.32 Å². The Kier molecular flexibility index (Phi) is 6.27. The summed E-state index contributed by atoms with van der Waals surface area (Å²) in [6.07, 6.45) is 0.645. The van der Waals surface area contributed by atoms with Gasteiger partial charge in [0.2, 0.25) is 5.91 Å². The molecule has 5 heteroatoms. The van der Waals surface area contributed by atoms with Gasteiger partial charge >= 0.3 is 5.97 Å². The monoisotopic (exact) mass is 375 g/mol. The fraction of sp³-hybridized carbons (Fsp3) is 0.429. The maximum absolute atomic E-state index is 11.8. The molecule has 1 aromatic rings. The minimum Gasteiger partial charge on any atom is -0.480 e. The number of carbonyl (C=O) groups excluding carboxylic acids is 1. The number of amides is 1. The summed E-state index contributed by atoms with van der Waals surface area (Å²) < 4.78 is 1.06. The Morgan fingerprint density at radius 2 is 2.05 bits per heavy atom. The highest BCUT2D eigenvalue weighted by Gasteiger charge is 2.20. The Balaban J connectivity index is 2.60. The lowest BCUT2D eigenvalue weighted by Crippen LogP contribution is -2.42. The van der Waals surface area contributed by atoms with Crippen molar-refractivity contribution in [2.75, 3.05) is 0 Å². The van der Waals surface area contributed by atoms with Gasteiger partial charge in [-0.05, 0) is 52.6 Å². The summed E-state index contributed by atoms with van der Waals surface area (Å²) in [7, 11) is 0. The zero-order chi connectivity index (χ0) is 14.4. The van der Waals surface area contributed by atoms with E-state index in [1.807, 2.05) is 38.1 Å². The van der Waals surface area contributed by atoms with Gasteiger partial charge in [-0.3, -0.25) is 4.79 Å². The molecule has 0 saturated carbocycles. The maximum Gasteiger partial charge on any atom is 0.326 e. The molecular formula is C14H18INO3. The molecule has 0 aromatic heterocycles. The molecule has 0 unspecified atom stereocenters. The van der Waals surface area contributed by atoms with Crippen LogP contribution in [-0.4, -0.2) is 23.0 Å². The Morgan fingerprint density at radius 3 is 2.58 bits per heavy atom. The normalized spacial score (nSPS) is 12.2. The number of aliphatic carboxylic acids is 1. The summed E-state index contributed by atoms with van der Waals surface area (Å²) in [6.45, 7) is 3.86. The second kappa shape index (κ2) is 7.47. The summed E-state index contributed by atoms with van der Waals surface area (Å²) in [5.74, 6) is -1.01. The summed E-state index contributed by atoms with van der Waals surface area (Å²) in [5, 5.41) is 11.6. The molecule has 0 heterocycles. The average molecular weight is 375 g/mol. The van der Waals surface area contributed by atoms with Gasteiger partial charge in [0.25, 0.3) is 0 Å². The van der Waals surface area contributed by atoms with Crippen molar-refractivity contribution in [2.24, 2.45) is 5.92 Å². The van der Waals surface area contributed by atoms with E-state index in [0.717, 1.165) is 9.13 Å². The predicted molar refractivity (Wildman–Crippen MR) is 81.9 cm³/mol. The van der Waals surface area contributed by atoms with Crippen molar-refractivity contribution < 1.29 is 14.7 Å². The minimum absolute atomic E-state index is 0.207. The molecule has 0 aliphatic heterocycles. The quantitative estimate of drug-likeness (QED) is 0.751. The minimum atomic E-state index is -0.982. The first kappa shape index (κ1) is 15.9. The molecule has 19 heavy (non-hydrogen) atoms. The third kappa shape index (κ3) is 6.04. The molecule has 104 valence electrons. The molecule has 1 atom stereocenters. The molecule has 1 amide bonds. The Morgan fingerprint density at radius 1 is 1.37 bits per heavy atom. The fourth-order valence-electron chi connectivity index (χ4n) is 1.77. The lowest BCUT2D eigenvalue weighted by atomic mass is 10.0. The molecule has 0 bridgehead atoms. The van der Waals surface area contributed by atoms with E-state index in [0.29, 0.717) is 6.42 Å². The molecular weight excluding hydrogens is 357 g/mol. The topological polar surface area (TPSA) is 66.4 Å². The van der Waals surface area contributed by atoms with Crippen LogP contribution in [0.15, 0.2) is 24.3 Å². The number of nitrogens with one attached hydrogen (secondary N) is 1. The maximum atomic E-state index is 11.8. The zero-order valence-electron chi connectivity index (χ0n) is 11.0. The van der Waals surface area contributed by atoms with E-state index in [1.165, 1.54) is 0 Å². The number of hydrogen-bond donors (Lipinski definition) is 2. The fourth-order valence-corrected chi connectivity index (χ4v) is 2.38. The standard InChI is InChI=1S/C14H18INO3/c1-9(2)6-12(14(18)19)16-13(17)8-10-4-3-5-11(15)7-10/h3-5,7,9,12H,6,8H2,1-2H3,(H,16,17)(H,18,19)/t12-/m0/s1. The van der Waals surface area contributed by atoms with Crippen molar-refractivity contribution in [3.63, 3.8) is 0 Å². The van der Waals surface area contributed by atoms with Crippen molar-refractivity contribution >= 4 is 34.5 Å². The third-order valence-corrected chi connectivity index (χ3v) is 3.27. The molecule has 2 N–H and O–H groups in total. The number of halogens is 1. The van der Waals surface area contributed by atoms with E-state index < -0.39 is 12.0 Å². The summed E-state index contributed by atoms with van der Waals surface area (Å²) in [4.78, 5) is 22.9. The lowest BCUT2D eigenvalue weighted by molar-refractivity contribution is -0.142. The van der Waals surface area contributed by atoms with E-state index >= 15 is 0 Å². The van der Waals surface area contributed by atoms with Crippen molar-refractivity contribution in [1.29, 1.82) is 0 Å². The first-order chi connectivity index (χ1) is 8.88. The molecule has 0 fully saturated rings. The number of rotatable bonds is 6. The lowest BCUT2D eigenvalue weighted by Gasteiger charge is -2.16. The van der Waals surface area contributed by atoms with Crippen LogP contribution in [0.4, 0.5) is 0 Å². The Labute approximate surface area is 126 Å². The van der Waals surface area contributed by atoms with Gasteiger partial charge in [0.1, 0.15) is 6.04 Å². The Hall–Kier alpha value is -1.11. The van der Waals surface area contributed by atoms with Crippen LogP contribution >= 0.6 is 22.6 Å². The van der Waals surface area contributed by atoms with E-state index in [1.54, 1.807) is 0 Å². The van der Waals surface area contributed by atoms with Gasteiger partial charge in [-0.1, -0.05) is 26.0 Å². The van der Waals surface area contributed by atoms with Gasteiger partial charge in [0.05, 0.1) is 6.42 Å². The molecule has 0 aliphatic carbocycles. The van der Waals surface area contributed by atoms with Crippen LogP contribution in [0.1, 0.15) is 25.8 Å². The average Bonchev–Trinajstić information content (AvgIpc) is 2.27. The predicted octanol–water partition coefficient (Wildman–Crippen LogP) is 2.45. The zero-order valence-corrected chi connectivity index (χ0v) is 13.2. The van der Waals surface area contributed by atoms with Crippen LogP contribution in [-0.2, 0) is 16.0 Å². The van der Waals surface area contributed by atoms with E-state index in [4.69, 9.17) is 5.11 Å². The van der Waals surface area contributed by atoms with Crippen LogP contribution in [0.25, 0.3) is 0 Å². The summed E-state index contributed by atoms with van der Waals surface area (Å²) in [6, 6.07) is 6.79. The highest BCUT2D eigenvalue weighted by molar-refractivity contribution is 14.1. The van der Waals surface area contributed by atoms with Gasteiger partial charge in [-0.2, -0.15) is 0 Å². The van der Waals surface area contributed by atoms with E-state index in [9.17, 15) is 9.59 Å². The second-order valence-corrected chi connectivity index (χ2v) is 6.14. The van der Waals surface area contributed by atoms with E-state index in [2.05, 4.69) is 27.9 Å². The number of benzene rings is 1. The van der Waals surface area contributed by atoms with Gasteiger partial charge in [-0.15, -0.1) is 0 Å². The van der Waals surface area contributed by atoms with Crippen LogP contribution in [0.3, 0.4) is 0 Å². The SMILES string of the molecule is CC(C)C[C@H](NC(=O)Cc1cccc(I)c1)C(=O)O. The highest BCUT2D eigenvalue weighted by atomic mass is 127. The largest absolute Gasteiger partial charge is 0.480 e. The van der Waals surface area contributed by atoms with Crippen molar-refractivity contribution in [3.8, 4) is 0 Å². The molecule has 1 rings (SSSR count). The highest BCUT2D eigenvalue weighted by Crippen LogP contribution is 2.09. The molecule has 4 nitrogen and oxygen atoms in total. The van der Waals surface area contributed by atoms with E-state index in [-0.39, 0.29) is 18.2 Å².